The third kappa shape index (κ3) is 3.55. The SMILES string of the molecule is CNC(=O)c1cncc(-c2ccc3nc(-c4ccc(C(C)(C)C#N)cc4)c4[nH]ncc4c3c2)c1. The van der Waals surface area contributed by atoms with Crippen molar-refractivity contribution in [2.75, 3.05) is 7.05 Å². The lowest BCUT2D eigenvalue weighted by Crippen LogP contribution is -2.17. The number of fused-ring (bicyclic) bond motifs is 3. The van der Waals surface area contributed by atoms with Gasteiger partial charge >= 0.3 is 0 Å². The number of aromatic amines is 1. The number of carbonyl (C=O) groups is 1. The Morgan fingerprint density at radius 3 is 2.47 bits per heavy atom. The molecule has 3 aromatic heterocycles. The summed E-state index contributed by atoms with van der Waals surface area (Å²) in [5.74, 6) is -0.178. The van der Waals surface area contributed by atoms with Crippen molar-refractivity contribution >= 4 is 27.7 Å². The quantitative estimate of drug-likeness (QED) is 0.404. The summed E-state index contributed by atoms with van der Waals surface area (Å²) < 4.78 is 0. The van der Waals surface area contributed by atoms with E-state index in [9.17, 15) is 10.1 Å². The van der Waals surface area contributed by atoms with Crippen molar-refractivity contribution in [2.24, 2.45) is 0 Å². The van der Waals surface area contributed by atoms with Crippen LogP contribution in [0.1, 0.15) is 29.8 Å². The maximum Gasteiger partial charge on any atom is 0.252 e. The number of carbonyl (C=O) groups excluding carboxylic acids is 1. The van der Waals surface area contributed by atoms with Gasteiger partial charge in [-0.15, -0.1) is 0 Å². The molecule has 2 N–H and O–H groups in total. The molecule has 1 amide bonds. The van der Waals surface area contributed by atoms with Crippen molar-refractivity contribution in [1.82, 2.24) is 25.5 Å². The molecule has 5 aromatic rings. The number of nitrogens with zero attached hydrogens (tertiary/aromatic N) is 4. The van der Waals surface area contributed by atoms with Crippen molar-refractivity contribution < 1.29 is 4.79 Å². The van der Waals surface area contributed by atoms with Gasteiger partial charge in [-0.1, -0.05) is 30.3 Å². The molecule has 0 bridgehead atoms. The first-order chi connectivity index (χ1) is 16.4. The molecule has 0 saturated heterocycles. The third-order valence-electron chi connectivity index (χ3n) is 6.12. The maximum atomic E-state index is 12.0. The van der Waals surface area contributed by atoms with Crippen molar-refractivity contribution in [3.05, 3.63) is 78.2 Å². The van der Waals surface area contributed by atoms with Gasteiger partial charge in [0.2, 0.25) is 0 Å². The largest absolute Gasteiger partial charge is 0.355 e. The zero-order chi connectivity index (χ0) is 23.9. The number of pyridine rings is 2. The zero-order valence-electron chi connectivity index (χ0n) is 19.0. The predicted octanol–water partition coefficient (Wildman–Crippen LogP) is 5.00. The van der Waals surface area contributed by atoms with Crippen LogP contribution < -0.4 is 5.32 Å². The highest BCUT2D eigenvalue weighted by Gasteiger charge is 2.20. The standard InChI is InChI=1S/C27H22N6O/c1-27(2,15-28)20-7-4-16(5-8-20)24-25-22(14-31-33-25)21-11-17(6-9-23(21)32-24)18-10-19(13-30-12-18)26(34)29-3/h4-14H,1-3H3,(H,29,34)(H,31,33). The maximum absolute atomic E-state index is 12.0. The summed E-state index contributed by atoms with van der Waals surface area (Å²) in [5, 5.41) is 21.3. The van der Waals surface area contributed by atoms with Gasteiger partial charge in [-0.05, 0) is 43.2 Å². The highest BCUT2D eigenvalue weighted by molar-refractivity contribution is 6.10. The zero-order valence-corrected chi connectivity index (χ0v) is 19.0. The molecular formula is C27H22N6O. The second-order valence-electron chi connectivity index (χ2n) is 8.71. The summed E-state index contributed by atoms with van der Waals surface area (Å²) in [5.41, 5.74) is 6.11. The molecule has 0 fully saturated rings. The monoisotopic (exact) mass is 446 g/mol. The highest BCUT2D eigenvalue weighted by atomic mass is 16.1. The minimum atomic E-state index is -0.557. The van der Waals surface area contributed by atoms with Gasteiger partial charge in [0.05, 0.1) is 40.0 Å². The van der Waals surface area contributed by atoms with Gasteiger partial charge in [0.25, 0.3) is 5.91 Å². The van der Waals surface area contributed by atoms with Gasteiger partial charge in [0.1, 0.15) is 0 Å². The van der Waals surface area contributed by atoms with Gasteiger partial charge in [0, 0.05) is 41.3 Å². The van der Waals surface area contributed by atoms with Crippen LogP contribution in [0.15, 0.2) is 67.1 Å². The Labute approximate surface area is 196 Å². The molecule has 0 atom stereocenters. The van der Waals surface area contributed by atoms with E-state index in [1.54, 1.807) is 25.6 Å². The van der Waals surface area contributed by atoms with E-state index < -0.39 is 5.41 Å². The summed E-state index contributed by atoms with van der Waals surface area (Å²) in [7, 11) is 1.60. The average Bonchev–Trinajstić information content (AvgIpc) is 3.38. The van der Waals surface area contributed by atoms with Crippen molar-refractivity contribution in [3.8, 4) is 28.5 Å². The van der Waals surface area contributed by atoms with E-state index in [-0.39, 0.29) is 5.91 Å². The molecule has 0 aliphatic heterocycles. The first-order valence-electron chi connectivity index (χ1n) is 10.9. The van der Waals surface area contributed by atoms with E-state index in [0.717, 1.165) is 49.8 Å². The fourth-order valence-corrected chi connectivity index (χ4v) is 4.06. The lowest BCUT2D eigenvalue weighted by Gasteiger charge is -2.16. The van der Waals surface area contributed by atoms with Crippen molar-refractivity contribution in [1.29, 1.82) is 5.26 Å². The van der Waals surface area contributed by atoms with Crippen molar-refractivity contribution in [2.45, 2.75) is 19.3 Å². The molecule has 0 aliphatic rings. The van der Waals surface area contributed by atoms with E-state index in [0.29, 0.717) is 5.56 Å². The average molecular weight is 447 g/mol. The second kappa shape index (κ2) is 8.09. The van der Waals surface area contributed by atoms with E-state index in [1.165, 1.54) is 0 Å². The predicted molar refractivity (Wildman–Crippen MR) is 132 cm³/mol. The minimum absolute atomic E-state index is 0.178. The molecule has 0 aliphatic carbocycles. The van der Waals surface area contributed by atoms with Gasteiger partial charge in [0.15, 0.2) is 0 Å². The van der Waals surface area contributed by atoms with E-state index in [4.69, 9.17) is 4.98 Å². The molecule has 0 spiro atoms. The first kappa shape index (κ1) is 21.3. The molecule has 34 heavy (non-hydrogen) atoms. The van der Waals surface area contributed by atoms with Crippen LogP contribution in [-0.4, -0.2) is 33.1 Å². The Hall–Kier alpha value is -4.57. The molecule has 7 nitrogen and oxygen atoms in total. The molecule has 5 rings (SSSR count). The fraction of sp³-hybridized carbons (Fsp3) is 0.148. The van der Waals surface area contributed by atoms with Crippen LogP contribution in [0.4, 0.5) is 0 Å². The molecule has 7 heteroatoms. The van der Waals surface area contributed by atoms with Gasteiger partial charge in [-0.3, -0.25) is 14.9 Å². The summed E-state index contributed by atoms with van der Waals surface area (Å²) in [6, 6.07) is 18.1. The number of H-pyrrole nitrogens is 1. The first-order valence-corrected chi connectivity index (χ1v) is 10.9. The molecular weight excluding hydrogens is 424 g/mol. The minimum Gasteiger partial charge on any atom is -0.355 e. The van der Waals surface area contributed by atoms with E-state index in [1.807, 2.05) is 62.4 Å². The fourth-order valence-electron chi connectivity index (χ4n) is 4.06. The molecule has 0 radical (unpaired) electrons. The van der Waals surface area contributed by atoms with E-state index in [2.05, 4.69) is 26.6 Å². The van der Waals surface area contributed by atoms with Crippen LogP contribution in [-0.2, 0) is 5.41 Å². The Morgan fingerprint density at radius 1 is 0.971 bits per heavy atom. The van der Waals surface area contributed by atoms with Crippen LogP contribution in [0.3, 0.4) is 0 Å². The normalized spacial score (nSPS) is 11.5. The topological polar surface area (TPSA) is 107 Å². The Morgan fingerprint density at radius 2 is 1.74 bits per heavy atom. The molecule has 0 saturated carbocycles. The summed E-state index contributed by atoms with van der Waals surface area (Å²) in [6.07, 6.45) is 5.10. The third-order valence-corrected chi connectivity index (χ3v) is 6.12. The molecule has 2 aromatic carbocycles. The lowest BCUT2D eigenvalue weighted by molar-refractivity contribution is 0.0962. The number of benzene rings is 2. The van der Waals surface area contributed by atoms with Gasteiger partial charge < -0.3 is 5.32 Å². The van der Waals surface area contributed by atoms with Gasteiger partial charge in [-0.25, -0.2) is 4.98 Å². The number of aromatic nitrogens is 4. The van der Waals surface area contributed by atoms with Crippen LogP contribution in [0.2, 0.25) is 0 Å². The van der Waals surface area contributed by atoms with Crippen molar-refractivity contribution in [3.63, 3.8) is 0 Å². The Bertz CT molecular complexity index is 1590. The molecule has 0 unspecified atom stereocenters. The number of amides is 1. The number of hydrogen-bond donors (Lipinski definition) is 2. The summed E-state index contributed by atoms with van der Waals surface area (Å²) in [4.78, 5) is 21.2. The molecule has 3 heterocycles. The summed E-state index contributed by atoms with van der Waals surface area (Å²) in [6.45, 7) is 3.81. The smallest absolute Gasteiger partial charge is 0.252 e. The van der Waals surface area contributed by atoms with Crippen LogP contribution in [0.25, 0.3) is 44.2 Å². The van der Waals surface area contributed by atoms with Crippen LogP contribution >= 0.6 is 0 Å². The Balaban J connectivity index is 1.62. The number of nitriles is 1. The number of nitrogens with one attached hydrogen (secondary N) is 2. The molecule has 166 valence electrons. The van der Waals surface area contributed by atoms with E-state index >= 15 is 0 Å². The highest BCUT2D eigenvalue weighted by Crippen LogP contribution is 2.34. The summed E-state index contributed by atoms with van der Waals surface area (Å²) >= 11 is 0. The number of rotatable bonds is 4. The van der Waals surface area contributed by atoms with Crippen LogP contribution in [0, 0.1) is 11.3 Å². The Kier molecular flexibility index (Phi) is 5.06. The van der Waals surface area contributed by atoms with Gasteiger partial charge in [-0.2, -0.15) is 10.4 Å². The second-order valence-corrected chi connectivity index (χ2v) is 8.71. The lowest BCUT2D eigenvalue weighted by atomic mass is 9.86. The van der Waals surface area contributed by atoms with Crippen LogP contribution in [0.5, 0.6) is 0 Å². The number of hydrogen-bond acceptors (Lipinski definition) is 5.